The summed E-state index contributed by atoms with van der Waals surface area (Å²) in [6.45, 7) is 0.206. The van der Waals surface area contributed by atoms with Crippen molar-refractivity contribution in [1.29, 1.82) is 0 Å². The van der Waals surface area contributed by atoms with E-state index in [0.29, 0.717) is 17.3 Å². The molecule has 4 aromatic rings. The number of ether oxygens (including phenoxy) is 1. The zero-order chi connectivity index (χ0) is 21.5. The van der Waals surface area contributed by atoms with E-state index in [1.165, 1.54) is 18.6 Å². The molecule has 9 heteroatoms. The highest BCUT2D eigenvalue weighted by Crippen LogP contribution is 2.22. The molecule has 154 valence electrons. The Balaban J connectivity index is 1.33. The van der Waals surface area contributed by atoms with Crippen LogP contribution in [0.15, 0.2) is 85.6 Å². The van der Waals surface area contributed by atoms with Gasteiger partial charge in [0, 0.05) is 43.1 Å². The first kappa shape index (κ1) is 19.8. The van der Waals surface area contributed by atoms with Crippen LogP contribution in [0.25, 0.3) is 5.69 Å². The SMILES string of the molecule is O=C(NCc1cccc(-n2cccn2)c1)C(=O)Nc1cccc(Oc2cnccn2)c1. The fourth-order valence-electron chi connectivity index (χ4n) is 2.78. The minimum atomic E-state index is -0.778. The van der Waals surface area contributed by atoms with Gasteiger partial charge in [-0.15, -0.1) is 0 Å². The number of hydrogen-bond acceptors (Lipinski definition) is 6. The highest BCUT2D eigenvalue weighted by molar-refractivity contribution is 6.39. The first-order valence-electron chi connectivity index (χ1n) is 9.39. The normalized spacial score (nSPS) is 10.3. The number of carbonyl (C=O) groups excluding carboxylic acids is 2. The minimum Gasteiger partial charge on any atom is -0.437 e. The molecule has 2 N–H and O–H groups in total. The number of amides is 2. The summed E-state index contributed by atoms with van der Waals surface area (Å²) < 4.78 is 7.29. The van der Waals surface area contributed by atoms with Crippen molar-refractivity contribution in [3.63, 3.8) is 0 Å². The standard InChI is InChI=1S/C22H18N6O3/c29-21(25-14-16-4-1-6-18(12-16)28-11-3-8-26-28)22(30)27-17-5-2-7-19(13-17)31-20-15-23-9-10-24-20/h1-13,15H,14H2,(H,25,29)(H,27,30). The van der Waals surface area contributed by atoms with E-state index in [9.17, 15) is 9.59 Å². The van der Waals surface area contributed by atoms with Crippen LogP contribution in [0, 0.1) is 0 Å². The molecule has 0 aliphatic rings. The second-order valence-corrected chi connectivity index (χ2v) is 6.43. The smallest absolute Gasteiger partial charge is 0.313 e. The van der Waals surface area contributed by atoms with Gasteiger partial charge >= 0.3 is 11.8 Å². The van der Waals surface area contributed by atoms with Crippen LogP contribution in [0.4, 0.5) is 5.69 Å². The summed E-state index contributed by atoms with van der Waals surface area (Å²) in [6.07, 6.45) is 8.03. The number of hydrogen-bond donors (Lipinski definition) is 2. The third-order valence-electron chi connectivity index (χ3n) is 4.19. The zero-order valence-electron chi connectivity index (χ0n) is 16.3. The van der Waals surface area contributed by atoms with Crippen molar-refractivity contribution in [2.45, 2.75) is 6.54 Å². The van der Waals surface area contributed by atoms with Gasteiger partial charge in [0.05, 0.1) is 11.9 Å². The number of carbonyl (C=O) groups is 2. The summed E-state index contributed by atoms with van der Waals surface area (Å²) in [7, 11) is 0. The van der Waals surface area contributed by atoms with Crippen molar-refractivity contribution in [3.8, 4) is 17.3 Å². The van der Waals surface area contributed by atoms with Crippen molar-refractivity contribution >= 4 is 17.5 Å². The van der Waals surface area contributed by atoms with Crippen molar-refractivity contribution < 1.29 is 14.3 Å². The van der Waals surface area contributed by atoms with E-state index < -0.39 is 11.8 Å². The Bertz CT molecular complexity index is 1180. The predicted molar refractivity (Wildman–Crippen MR) is 113 cm³/mol. The lowest BCUT2D eigenvalue weighted by molar-refractivity contribution is -0.136. The van der Waals surface area contributed by atoms with Crippen molar-refractivity contribution in [2.24, 2.45) is 0 Å². The Morgan fingerprint density at radius 3 is 2.68 bits per heavy atom. The van der Waals surface area contributed by atoms with E-state index in [4.69, 9.17) is 4.74 Å². The lowest BCUT2D eigenvalue weighted by Crippen LogP contribution is -2.34. The molecule has 0 saturated carbocycles. The summed E-state index contributed by atoms with van der Waals surface area (Å²) in [6, 6.07) is 16.0. The van der Waals surface area contributed by atoms with Crippen molar-refractivity contribution in [1.82, 2.24) is 25.1 Å². The molecule has 2 amide bonds. The summed E-state index contributed by atoms with van der Waals surface area (Å²) >= 11 is 0. The molecule has 9 nitrogen and oxygen atoms in total. The molecule has 31 heavy (non-hydrogen) atoms. The monoisotopic (exact) mass is 414 g/mol. The van der Waals surface area contributed by atoms with Gasteiger partial charge in [0.2, 0.25) is 5.88 Å². The fourth-order valence-corrected chi connectivity index (χ4v) is 2.78. The first-order chi connectivity index (χ1) is 15.2. The highest BCUT2D eigenvalue weighted by Gasteiger charge is 2.14. The first-order valence-corrected chi connectivity index (χ1v) is 9.39. The maximum Gasteiger partial charge on any atom is 0.313 e. The molecule has 0 aliphatic heterocycles. The second-order valence-electron chi connectivity index (χ2n) is 6.43. The lowest BCUT2D eigenvalue weighted by atomic mass is 10.2. The number of aromatic nitrogens is 4. The molecule has 0 radical (unpaired) electrons. The summed E-state index contributed by atoms with van der Waals surface area (Å²) in [5.74, 6) is -0.750. The van der Waals surface area contributed by atoms with E-state index in [2.05, 4.69) is 25.7 Å². The second kappa shape index (κ2) is 9.31. The van der Waals surface area contributed by atoms with Crippen LogP contribution in [-0.4, -0.2) is 31.6 Å². The molecular weight excluding hydrogens is 396 g/mol. The minimum absolute atomic E-state index is 0.206. The van der Waals surface area contributed by atoms with Gasteiger partial charge in [0.15, 0.2) is 0 Å². The van der Waals surface area contributed by atoms with E-state index in [-0.39, 0.29) is 6.54 Å². The third kappa shape index (κ3) is 5.30. The van der Waals surface area contributed by atoms with Gasteiger partial charge in [-0.05, 0) is 35.9 Å². The summed E-state index contributed by atoms with van der Waals surface area (Å²) in [5.41, 5.74) is 2.12. The molecule has 0 spiro atoms. The third-order valence-corrected chi connectivity index (χ3v) is 4.19. The quantitative estimate of drug-likeness (QED) is 0.469. The van der Waals surface area contributed by atoms with E-state index in [1.807, 2.05) is 36.5 Å². The lowest BCUT2D eigenvalue weighted by Gasteiger charge is -2.09. The molecule has 4 rings (SSSR count). The topological polar surface area (TPSA) is 111 Å². The number of rotatable bonds is 6. The highest BCUT2D eigenvalue weighted by atomic mass is 16.5. The van der Waals surface area contributed by atoms with Gasteiger partial charge in [-0.2, -0.15) is 5.10 Å². The maximum absolute atomic E-state index is 12.3. The van der Waals surface area contributed by atoms with Gasteiger partial charge in [-0.1, -0.05) is 18.2 Å². The molecule has 2 aromatic carbocycles. The van der Waals surface area contributed by atoms with Gasteiger partial charge in [0.1, 0.15) is 5.75 Å². The molecule has 0 fully saturated rings. The molecule has 0 atom stereocenters. The Hall–Kier alpha value is -4.53. The number of benzene rings is 2. The average molecular weight is 414 g/mol. The van der Waals surface area contributed by atoms with Gasteiger partial charge in [-0.3, -0.25) is 14.6 Å². The van der Waals surface area contributed by atoms with Gasteiger partial charge < -0.3 is 15.4 Å². The molecular formula is C22H18N6O3. The average Bonchev–Trinajstić information content (AvgIpc) is 3.34. The molecule has 0 saturated heterocycles. The Kier molecular flexibility index (Phi) is 5.94. The van der Waals surface area contributed by atoms with E-state index in [0.717, 1.165) is 11.3 Å². The van der Waals surface area contributed by atoms with Crippen molar-refractivity contribution in [2.75, 3.05) is 5.32 Å². The molecule has 0 unspecified atom stereocenters. The predicted octanol–water partition coefficient (Wildman–Crippen LogP) is 2.71. The molecule has 2 aromatic heterocycles. The Morgan fingerprint density at radius 2 is 1.87 bits per heavy atom. The molecule has 0 bridgehead atoms. The van der Waals surface area contributed by atoms with Crippen LogP contribution >= 0.6 is 0 Å². The summed E-state index contributed by atoms with van der Waals surface area (Å²) in [5, 5.41) is 9.35. The largest absolute Gasteiger partial charge is 0.437 e. The molecule has 0 aliphatic carbocycles. The van der Waals surface area contributed by atoms with Crippen LogP contribution in [0.5, 0.6) is 11.6 Å². The Morgan fingerprint density at radius 1 is 0.968 bits per heavy atom. The van der Waals surface area contributed by atoms with Crippen LogP contribution in [0.1, 0.15) is 5.56 Å². The number of anilines is 1. The maximum atomic E-state index is 12.3. The van der Waals surface area contributed by atoms with Crippen molar-refractivity contribution in [3.05, 3.63) is 91.1 Å². The van der Waals surface area contributed by atoms with Gasteiger partial charge in [0.25, 0.3) is 0 Å². The van der Waals surface area contributed by atoms with E-state index >= 15 is 0 Å². The van der Waals surface area contributed by atoms with Crippen LogP contribution in [0.3, 0.4) is 0 Å². The Labute approximate surface area is 177 Å². The number of nitrogens with one attached hydrogen (secondary N) is 2. The number of nitrogens with zero attached hydrogens (tertiary/aromatic N) is 4. The van der Waals surface area contributed by atoms with Crippen LogP contribution in [0.2, 0.25) is 0 Å². The van der Waals surface area contributed by atoms with Gasteiger partial charge in [-0.25, -0.2) is 9.67 Å². The van der Waals surface area contributed by atoms with Crippen LogP contribution in [-0.2, 0) is 16.1 Å². The zero-order valence-corrected chi connectivity index (χ0v) is 16.3. The van der Waals surface area contributed by atoms with Crippen LogP contribution < -0.4 is 15.4 Å². The fraction of sp³-hybridized carbons (Fsp3) is 0.0455. The molecule has 2 heterocycles. The van der Waals surface area contributed by atoms with E-state index in [1.54, 1.807) is 35.1 Å². The summed E-state index contributed by atoms with van der Waals surface area (Å²) in [4.78, 5) is 32.4.